The second-order valence-electron chi connectivity index (χ2n) is 6.49. The van der Waals surface area contributed by atoms with E-state index in [0.717, 1.165) is 57.9 Å². The Hall–Kier alpha value is -1.55. The van der Waals surface area contributed by atoms with E-state index in [2.05, 4.69) is 43.4 Å². The van der Waals surface area contributed by atoms with Crippen molar-refractivity contribution in [1.29, 1.82) is 5.41 Å². The van der Waals surface area contributed by atoms with Crippen molar-refractivity contribution >= 4 is 5.96 Å². The molecule has 0 aliphatic heterocycles. The zero-order chi connectivity index (χ0) is 17.1. The van der Waals surface area contributed by atoms with E-state index >= 15 is 0 Å². The van der Waals surface area contributed by atoms with Crippen molar-refractivity contribution < 1.29 is 5.11 Å². The first-order chi connectivity index (χ1) is 11.0. The number of benzene rings is 1. The van der Waals surface area contributed by atoms with Crippen LogP contribution in [0.3, 0.4) is 0 Å². The predicted molar refractivity (Wildman–Crippen MR) is 97.8 cm³/mol. The highest BCUT2D eigenvalue weighted by molar-refractivity contribution is 5.74. The Bertz CT molecular complexity index is 467. The maximum Gasteiger partial charge on any atom is 0.185 e. The fourth-order valence-electron chi connectivity index (χ4n) is 3.14. The summed E-state index contributed by atoms with van der Waals surface area (Å²) in [6.07, 6.45) is 7.52. The number of rotatable bonds is 11. The highest BCUT2D eigenvalue weighted by Gasteiger charge is 2.24. The van der Waals surface area contributed by atoms with Crippen LogP contribution in [0, 0.1) is 5.41 Å². The Labute approximate surface area is 141 Å². The number of nitrogens with one attached hydrogen (secondary N) is 2. The Morgan fingerprint density at radius 2 is 1.74 bits per heavy atom. The normalized spacial score (nSPS) is 11.4. The van der Waals surface area contributed by atoms with E-state index in [4.69, 9.17) is 11.1 Å². The van der Waals surface area contributed by atoms with Gasteiger partial charge in [-0.1, -0.05) is 51.0 Å². The third-order valence-corrected chi connectivity index (χ3v) is 4.26. The van der Waals surface area contributed by atoms with Gasteiger partial charge in [0.25, 0.3) is 0 Å². The molecular formula is C19H33N3O. The molecule has 0 saturated heterocycles. The lowest BCUT2D eigenvalue weighted by Gasteiger charge is -2.27. The largest absolute Gasteiger partial charge is 0.390 e. The molecule has 0 aliphatic carbocycles. The van der Waals surface area contributed by atoms with E-state index in [1.165, 1.54) is 11.1 Å². The van der Waals surface area contributed by atoms with Gasteiger partial charge in [-0.05, 0) is 49.7 Å². The van der Waals surface area contributed by atoms with Gasteiger partial charge in [0.2, 0.25) is 0 Å². The SMILES string of the molecule is CCCC(O)(CCC)CCc1cccc(CCCNC(=N)N)c1. The number of nitrogens with two attached hydrogens (primary N) is 1. The average molecular weight is 319 g/mol. The molecule has 0 aliphatic rings. The summed E-state index contributed by atoms with van der Waals surface area (Å²) in [6.45, 7) is 5.00. The van der Waals surface area contributed by atoms with Gasteiger partial charge in [0, 0.05) is 6.54 Å². The van der Waals surface area contributed by atoms with Gasteiger partial charge in [-0.2, -0.15) is 0 Å². The van der Waals surface area contributed by atoms with Crippen molar-refractivity contribution in [2.24, 2.45) is 5.73 Å². The summed E-state index contributed by atoms with van der Waals surface area (Å²) in [5.74, 6) is 0.0323. The van der Waals surface area contributed by atoms with Gasteiger partial charge in [0.05, 0.1) is 5.60 Å². The fraction of sp³-hybridized carbons (Fsp3) is 0.632. The predicted octanol–water partition coefficient (Wildman–Crippen LogP) is 3.37. The maximum absolute atomic E-state index is 10.7. The van der Waals surface area contributed by atoms with Gasteiger partial charge in [0.15, 0.2) is 5.96 Å². The number of guanidine groups is 1. The zero-order valence-corrected chi connectivity index (χ0v) is 14.7. The van der Waals surface area contributed by atoms with E-state index < -0.39 is 5.60 Å². The van der Waals surface area contributed by atoms with Crippen LogP contribution >= 0.6 is 0 Å². The summed E-state index contributed by atoms with van der Waals surface area (Å²) >= 11 is 0. The van der Waals surface area contributed by atoms with Crippen LogP contribution in [0.15, 0.2) is 24.3 Å². The summed E-state index contributed by atoms with van der Waals surface area (Å²) in [7, 11) is 0. The number of hydrogen-bond acceptors (Lipinski definition) is 2. The van der Waals surface area contributed by atoms with Crippen LogP contribution in [0.1, 0.15) is 63.5 Å². The molecule has 0 amide bonds. The third kappa shape index (κ3) is 8.03. The molecular weight excluding hydrogens is 286 g/mol. The maximum atomic E-state index is 10.7. The third-order valence-electron chi connectivity index (χ3n) is 4.26. The lowest BCUT2D eigenvalue weighted by Crippen LogP contribution is -2.31. The summed E-state index contributed by atoms with van der Waals surface area (Å²) in [4.78, 5) is 0. The van der Waals surface area contributed by atoms with Gasteiger partial charge >= 0.3 is 0 Å². The van der Waals surface area contributed by atoms with Crippen LogP contribution in [-0.4, -0.2) is 23.2 Å². The number of hydrogen-bond donors (Lipinski definition) is 4. The molecule has 0 fully saturated rings. The first-order valence-corrected chi connectivity index (χ1v) is 8.87. The number of aryl methyl sites for hydroxylation is 2. The van der Waals surface area contributed by atoms with E-state index in [-0.39, 0.29) is 5.96 Å². The van der Waals surface area contributed by atoms with Crippen molar-refractivity contribution in [3.8, 4) is 0 Å². The Kier molecular flexibility index (Phi) is 8.70. The van der Waals surface area contributed by atoms with Crippen molar-refractivity contribution in [2.75, 3.05) is 6.54 Å². The molecule has 0 saturated carbocycles. The molecule has 4 nitrogen and oxygen atoms in total. The lowest BCUT2D eigenvalue weighted by molar-refractivity contribution is 0.0132. The Balaban J connectivity index is 2.50. The molecule has 1 aromatic carbocycles. The summed E-state index contributed by atoms with van der Waals surface area (Å²) in [5, 5.41) is 20.7. The van der Waals surface area contributed by atoms with Crippen molar-refractivity contribution in [1.82, 2.24) is 5.32 Å². The van der Waals surface area contributed by atoms with Crippen LogP contribution in [0.4, 0.5) is 0 Å². The molecule has 0 bridgehead atoms. The van der Waals surface area contributed by atoms with Crippen LogP contribution in [0.5, 0.6) is 0 Å². The highest BCUT2D eigenvalue weighted by Crippen LogP contribution is 2.25. The van der Waals surface area contributed by atoms with E-state index in [0.29, 0.717) is 0 Å². The molecule has 0 heterocycles. The minimum absolute atomic E-state index is 0.0323. The van der Waals surface area contributed by atoms with Crippen LogP contribution in [-0.2, 0) is 12.8 Å². The Morgan fingerprint density at radius 3 is 2.30 bits per heavy atom. The molecule has 0 unspecified atom stereocenters. The van der Waals surface area contributed by atoms with E-state index in [1.807, 2.05) is 0 Å². The van der Waals surface area contributed by atoms with Crippen molar-refractivity contribution in [3.63, 3.8) is 0 Å². The minimum Gasteiger partial charge on any atom is -0.390 e. The smallest absolute Gasteiger partial charge is 0.185 e. The molecule has 1 aromatic rings. The van der Waals surface area contributed by atoms with Crippen molar-refractivity contribution in [2.45, 2.75) is 70.8 Å². The zero-order valence-electron chi connectivity index (χ0n) is 14.7. The summed E-state index contributed by atoms with van der Waals surface area (Å²) in [6, 6.07) is 8.63. The Morgan fingerprint density at radius 1 is 1.13 bits per heavy atom. The molecule has 4 heteroatoms. The molecule has 130 valence electrons. The standard InChI is InChI=1S/C19H33N3O/c1-3-11-19(23,12-4-2)13-10-17-8-5-7-16(15-17)9-6-14-22-18(20)21/h5,7-8,15,23H,3-4,6,9-14H2,1-2H3,(H4,20,21,22). The second-order valence-corrected chi connectivity index (χ2v) is 6.49. The average Bonchev–Trinajstić information content (AvgIpc) is 2.51. The molecule has 0 atom stereocenters. The van der Waals surface area contributed by atoms with E-state index in [1.54, 1.807) is 0 Å². The summed E-state index contributed by atoms with van der Waals surface area (Å²) in [5.41, 5.74) is 7.37. The minimum atomic E-state index is -0.509. The molecule has 0 spiro atoms. The van der Waals surface area contributed by atoms with E-state index in [9.17, 15) is 5.11 Å². The first kappa shape index (κ1) is 19.5. The van der Waals surface area contributed by atoms with Gasteiger partial charge in [-0.25, -0.2) is 0 Å². The van der Waals surface area contributed by atoms with Gasteiger partial charge in [-0.15, -0.1) is 0 Å². The first-order valence-electron chi connectivity index (χ1n) is 8.87. The van der Waals surface area contributed by atoms with Crippen LogP contribution in [0.2, 0.25) is 0 Å². The molecule has 0 radical (unpaired) electrons. The van der Waals surface area contributed by atoms with Crippen molar-refractivity contribution in [3.05, 3.63) is 35.4 Å². The van der Waals surface area contributed by atoms with Crippen LogP contribution in [0.25, 0.3) is 0 Å². The molecule has 1 rings (SSSR count). The highest BCUT2D eigenvalue weighted by atomic mass is 16.3. The fourth-order valence-corrected chi connectivity index (χ4v) is 3.14. The molecule has 0 aromatic heterocycles. The van der Waals surface area contributed by atoms with Crippen LogP contribution < -0.4 is 11.1 Å². The number of aliphatic hydroxyl groups is 1. The second kappa shape index (κ2) is 10.3. The molecule has 5 N–H and O–H groups in total. The topological polar surface area (TPSA) is 82.1 Å². The van der Waals surface area contributed by atoms with Gasteiger partial charge in [-0.3, -0.25) is 5.41 Å². The quantitative estimate of drug-likeness (QED) is 0.287. The lowest BCUT2D eigenvalue weighted by atomic mass is 9.86. The summed E-state index contributed by atoms with van der Waals surface area (Å²) < 4.78 is 0. The van der Waals surface area contributed by atoms with Gasteiger partial charge < -0.3 is 16.2 Å². The molecule has 23 heavy (non-hydrogen) atoms. The monoisotopic (exact) mass is 319 g/mol. The van der Waals surface area contributed by atoms with Gasteiger partial charge in [0.1, 0.15) is 0 Å².